The zero-order chi connectivity index (χ0) is 12.7. The summed E-state index contributed by atoms with van der Waals surface area (Å²) in [6.45, 7) is 7.71. The lowest BCUT2D eigenvalue weighted by Crippen LogP contribution is -2.33. The zero-order valence-corrected chi connectivity index (χ0v) is 11.0. The number of hydrogen-bond donors (Lipinski definition) is 1. The molecule has 3 rings (SSSR count). The van der Waals surface area contributed by atoms with E-state index in [2.05, 4.69) is 36.2 Å². The summed E-state index contributed by atoms with van der Waals surface area (Å²) >= 11 is 0. The van der Waals surface area contributed by atoms with Crippen molar-refractivity contribution in [1.29, 1.82) is 5.26 Å². The Hall–Kier alpha value is -1.53. The van der Waals surface area contributed by atoms with Crippen LogP contribution in [0.3, 0.4) is 0 Å². The number of fused-ring (bicyclic) bond motifs is 1. The van der Waals surface area contributed by atoms with Gasteiger partial charge in [-0.3, -0.25) is 0 Å². The van der Waals surface area contributed by atoms with Crippen LogP contribution in [0.2, 0.25) is 0 Å². The number of hydrogen-bond acceptors (Lipinski definition) is 3. The van der Waals surface area contributed by atoms with Crippen LogP contribution < -0.4 is 10.2 Å². The maximum absolute atomic E-state index is 9.27. The van der Waals surface area contributed by atoms with Gasteiger partial charge in [0.2, 0.25) is 0 Å². The van der Waals surface area contributed by atoms with Gasteiger partial charge >= 0.3 is 0 Å². The van der Waals surface area contributed by atoms with Crippen molar-refractivity contribution in [2.45, 2.75) is 19.9 Å². The Morgan fingerprint density at radius 2 is 2.22 bits per heavy atom. The fraction of sp³-hybridized carbons (Fsp3) is 0.533. The minimum Gasteiger partial charge on any atom is -0.367 e. The summed E-state index contributed by atoms with van der Waals surface area (Å²) in [7, 11) is 0. The number of anilines is 1. The Bertz CT molecular complexity index is 503. The highest BCUT2D eigenvalue weighted by atomic mass is 15.2. The van der Waals surface area contributed by atoms with Gasteiger partial charge in [0.25, 0.3) is 0 Å². The standard InChI is InChI=1S/C15H19N3/c1-10-3-4-12(6-16)15(5-10)18-9-13-7-17-8-14(13)11(18)2/h3-5,11,13-14,17H,7-9H2,1-2H3. The fourth-order valence-electron chi connectivity index (χ4n) is 3.46. The molecule has 3 heteroatoms. The predicted octanol–water partition coefficient (Wildman–Crippen LogP) is 1.91. The van der Waals surface area contributed by atoms with Crippen LogP contribution >= 0.6 is 0 Å². The normalized spacial score (nSPS) is 30.3. The first-order chi connectivity index (χ1) is 8.70. The van der Waals surface area contributed by atoms with Crippen molar-refractivity contribution in [2.24, 2.45) is 11.8 Å². The molecule has 2 saturated heterocycles. The van der Waals surface area contributed by atoms with E-state index in [-0.39, 0.29) is 0 Å². The number of rotatable bonds is 1. The third kappa shape index (κ3) is 1.69. The summed E-state index contributed by atoms with van der Waals surface area (Å²) in [5.41, 5.74) is 3.16. The molecule has 94 valence electrons. The van der Waals surface area contributed by atoms with Gasteiger partial charge in [0.1, 0.15) is 6.07 Å². The molecule has 0 aromatic heterocycles. The summed E-state index contributed by atoms with van der Waals surface area (Å²) in [6, 6.07) is 8.98. The maximum Gasteiger partial charge on any atom is 0.101 e. The number of nitriles is 1. The van der Waals surface area contributed by atoms with Crippen molar-refractivity contribution in [1.82, 2.24) is 5.32 Å². The van der Waals surface area contributed by atoms with E-state index in [1.165, 1.54) is 5.56 Å². The summed E-state index contributed by atoms with van der Waals surface area (Å²) in [6.07, 6.45) is 0. The number of nitrogens with one attached hydrogen (secondary N) is 1. The SMILES string of the molecule is Cc1ccc(C#N)c(N2CC3CNCC3C2C)c1. The average molecular weight is 241 g/mol. The van der Waals surface area contributed by atoms with E-state index in [9.17, 15) is 5.26 Å². The molecule has 3 unspecified atom stereocenters. The second kappa shape index (κ2) is 4.29. The minimum atomic E-state index is 0.527. The number of benzene rings is 1. The Kier molecular flexibility index (Phi) is 2.76. The molecule has 0 saturated carbocycles. The molecule has 2 fully saturated rings. The Labute approximate surface area is 108 Å². The maximum atomic E-state index is 9.27. The van der Waals surface area contributed by atoms with Crippen molar-refractivity contribution >= 4 is 5.69 Å². The van der Waals surface area contributed by atoms with Crippen molar-refractivity contribution in [3.8, 4) is 6.07 Å². The molecule has 3 nitrogen and oxygen atoms in total. The van der Waals surface area contributed by atoms with Gasteiger partial charge in [0.05, 0.1) is 11.3 Å². The van der Waals surface area contributed by atoms with Crippen LogP contribution in [0, 0.1) is 30.1 Å². The molecule has 0 spiro atoms. The molecule has 1 aromatic rings. The van der Waals surface area contributed by atoms with Gasteiger partial charge in [-0.2, -0.15) is 5.26 Å². The van der Waals surface area contributed by atoms with E-state index in [0.717, 1.165) is 42.7 Å². The molecule has 0 amide bonds. The molecule has 18 heavy (non-hydrogen) atoms. The molecular weight excluding hydrogens is 222 g/mol. The van der Waals surface area contributed by atoms with Gasteiger partial charge in [0, 0.05) is 25.7 Å². The second-order valence-electron chi connectivity index (χ2n) is 5.61. The van der Waals surface area contributed by atoms with E-state index in [0.29, 0.717) is 6.04 Å². The Morgan fingerprint density at radius 3 is 2.94 bits per heavy atom. The van der Waals surface area contributed by atoms with Crippen LogP contribution in [0.5, 0.6) is 0 Å². The van der Waals surface area contributed by atoms with Crippen molar-refractivity contribution in [3.63, 3.8) is 0 Å². The Morgan fingerprint density at radius 1 is 1.39 bits per heavy atom. The summed E-state index contributed by atoms with van der Waals surface area (Å²) in [5.74, 6) is 1.48. The van der Waals surface area contributed by atoms with Crippen LogP contribution in [-0.4, -0.2) is 25.7 Å². The highest BCUT2D eigenvalue weighted by Crippen LogP contribution is 2.37. The third-order valence-corrected chi connectivity index (χ3v) is 4.52. The van der Waals surface area contributed by atoms with Crippen LogP contribution in [0.15, 0.2) is 18.2 Å². The smallest absolute Gasteiger partial charge is 0.101 e. The Balaban J connectivity index is 1.96. The van der Waals surface area contributed by atoms with Crippen molar-refractivity contribution in [2.75, 3.05) is 24.5 Å². The highest BCUT2D eigenvalue weighted by Gasteiger charge is 2.42. The first kappa shape index (κ1) is 11.6. The molecule has 0 radical (unpaired) electrons. The lowest BCUT2D eigenvalue weighted by atomic mass is 9.95. The summed E-state index contributed by atoms with van der Waals surface area (Å²) < 4.78 is 0. The molecule has 1 aromatic carbocycles. The monoisotopic (exact) mass is 241 g/mol. The molecule has 0 bridgehead atoms. The molecular formula is C15H19N3. The topological polar surface area (TPSA) is 39.1 Å². The molecule has 3 atom stereocenters. The molecule has 2 aliphatic rings. The van der Waals surface area contributed by atoms with E-state index < -0.39 is 0 Å². The molecule has 2 heterocycles. The largest absolute Gasteiger partial charge is 0.367 e. The lowest BCUT2D eigenvalue weighted by molar-refractivity contribution is 0.471. The minimum absolute atomic E-state index is 0.527. The molecule has 0 aliphatic carbocycles. The third-order valence-electron chi connectivity index (χ3n) is 4.52. The van der Waals surface area contributed by atoms with Crippen LogP contribution in [0.1, 0.15) is 18.1 Å². The predicted molar refractivity (Wildman–Crippen MR) is 72.6 cm³/mol. The first-order valence-electron chi connectivity index (χ1n) is 6.69. The molecule has 2 aliphatic heterocycles. The van der Waals surface area contributed by atoms with E-state index in [4.69, 9.17) is 0 Å². The van der Waals surface area contributed by atoms with Gasteiger partial charge in [-0.25, -0.2) is 0 Å². The van der Waals surface area contributed by atoms with Crippen LogP contribution in [0.25, 0.3) is 0 Å². The van der Waals surface area contributed by atoms with Crippen LogP contribution in [-0.2, 0) is 0 Å². The number of nitrogens with zero attached hydrogens (tertiary/aromatic N) is 2. The van der Waals surface area contributed by atoms with E-state index in [1.54, 1.807) is 0 Å². The highest BCUT2D eigenvalue weighted by molar-refractivity contribution is 5.62. The lowest BCUT2D eigenvalue weighted by Gasteiger charge is -2.27. The second-order valence-corrected chi connectivity index (χ2v) is 5.61. The molecule has 1 N–H and O–H groups in total. The van der Waals surface area contributed by atoms with Gasteiger partial charge in [-0.1, -0.05) is 6.07 Å². The van der Waals surface area contributed by atoms with Gasteiger partial charge in [0.15, 0.2) is 0 Å². The average Bonchev–Trinajstić information content (AvgIpc) is 2.93. The fourth-order valence-corrected chi connectivity index (χ4v) is 3.46. The quantitative estimate of drug-likeness (QED) is 0.816. The van der Waals surface area contributed by atoms with Crippen molar-refractivity contribution < 1.29 is 0 Å². The van der Waals surface area contributed by atoms with Crippen molar-refractivity contribution in [3.05, 3.63) is 29.3 Å². The van der Waals surface area contributed by atoms with E-state index >= 15 is 0 Å². The zero-order valence-electron chi connectivity index (χ0n) is 11.0. The van der Waals surface area contributed by atoms with Gasteiger partial charge in [-0.05, 0) is 43.4 Å². The van der Waals surface area contributed by atoms with E-state index in [1.807, 2.05) is 12.1 Å². The van der Waals surface area contributed by atoms with Gasteiger partial charge in [-0.15, -0.1) is 0 Å². The number of aryl methyl sites for hydroxylation is 1. The van der Waals surface area contributed by atoms with Crippen LogP contribution in [0.4, 0.5) is 5.69 Å². The first-order valence-corrected chi connectivity index (χ1v) is 6.69. The van der Waals surface area contributed by atoms with Gasteiger partial charge < -0.3 is 10.2 Å². The summed E-state index contributed by atoms with van der Waals surface area (Å²) in [4.78, 5) is 2.43. The summed E-state index contributed by atoms with van der Waals surface area (Å²) in [5, 5.41) is 12.7.